The Morgan fingerprint density at radius 3 is 2.39 bits per heavy atom. The van der Waals surface area contributed by atoms with Crippen LogP contribution < -0.4 is 5.32 Å². The number of alkyl halides is 3. The molecule has 1 aromatic heterocycles. The fourth-order valence-corrected chi connectivity index (χ4v) is 2.57. The van der Waals surface area contributed by atoms with Crippen LogP contribution in [-0.2, 0) is 11.8 Å². The molecule has 0 saturated carbocycles. The molecule has 0 saturated heterocycles. The summed E-state index contributed by atoms with van der Waals surface area (Å²) in [6, 6.07) is 2.27. The number of rotatable bonds is 5. The summed E-state index contributed by atoms with van der Waals surface area (Å²) in [7, 11) is 1.92. The third-order valence-corrected chi connectivity index (χ3v) is 4.49. The zero-order chi connectivity index (χ0) is 23.7. The van der Waals surface area contributed by atoms with Crippen molar-refractivity contribution in [2.75, 3.05) is 12.4 Å². The number of amides is 2. The quantitative estimate of drug-likeness (QED) is 0.438. The van der Waals surface area contributed by atoms with E-state index in [9.17, 15) is 36.3 Å². The maximum atomic E-state index is 14.8. The molecule has 1 unspecified atom stereocenters. The molecule has 0 spiro atoms. The van der Waals surface area contributed by atoms with Gasteiger partial charge in [-0.05, 0) is 25.1 Å². The molecule has 0 bridgehead atoms. The lowest BCUT2D eigenvalue weighted by atomic mass is 10.1. The van der Waals surface area contributed by atoms with Crippen LogP contribution in [0.1, 0.15) is 33.3 Å². The van der Waals surface area contributed by atoms with E-state index in [2.05, 4.69) is 5.32 Å². The Hall–Kier alpha value is -3.75. The maximum Gasteiger partial charge on any atom is 0.408 e. The Labute approximate surface area is 172 Å². The highest BCUT2D eigenvalue weighted by molar-refractivity contribution is 6.43. The minimum absolute atomic E-state index is 0.0498. The van der Waals surface area contributed by atoms with E-state index in [0.717, 1.165) is 36.0 Å². The van der Waals surface area contributed by atoms with Crippen molar-refractivity contribution in [2.45, 2.75) is 19.1 Å². The van der Waals surface area contributed by atoms with Crippen LogP contribution in [-0.4, -0.2) is 46.3 Å². The minimum atomic E-state index is -4.80. The smallest absolute Gasteiger partial charge is 0.343 e. The molecule has 1 atom stereocenters. The molecule has 0 aliphatic rings. The first-order chi connectivity index (χ1) is 14.3. The average Bonchev–Trinajstić information content (AvgIpc) is 3.00. The van der Waals surface area contributed by atoms with Gasteiger partial charge in [0.2, 0.25) is 0 Å². The summed E-state index contributed by atoms with van der Waals surface area (Å²) < 4.78 is 67.4. The number of ketones is 1. The first kappa shape index (κ1) is 23.5. The molecule has 7 nitrogen and oxygen atoms in total. The van der Waals surface area contributed by atoms with Crippen LogP contribution in [0, 0.1) is 23.0 Å². The van der Waals surface area contributed by atoms with Gasteiger partial charge in [0, 0.05) is 26.0 Å². The van der Waals surface area contributed by atoms with Crippen LogP contribution in [0.25, 0.3) is 0 Å². The second-order valence-corrected chi connectivity index (χ2v) is 6.54. The summed E-state index contributed by atoms with van der Waals surface area (Å²) in [6.07, 6.45) is -4.01. The summed E-state index contributed by atoms with van der Waals surface area (Å²) in [6.45, 7) is 0.656. The predicted octanol–water partition coefficient (Wildman–Crippen LogP) is 3.02. The zero-order valence-electron chi connectivity index (χ0n) is 16.3. The Morgan fingerprint density at radius 2 is 1.84 bits per heavy atom. The highest BCUT2D eigenvalue weighted by atomic mass is 19.4. The molecule has 1 aromatic carbocycles. The molecule has 2 amide bonds. The standard InChI is InChI=1S/C19H15F5N4O3/c1-9(19(22,23)24)28(3)18(31)16(29)12-8-27(2)15(14(12)21)17(30)26-11-4-5-13(20)10(6-11)7-25/h4-6,8-9H,1-3H3,(H,26,30). The SMILES string of the molecule is CC(N(C)C(=O)C(=O)c1cn(C)c(C(=O)Nc2ccc(F)c(C#N)c2)c1F)C(F)(F)F. The number of nitrogens with one attached hydrogen (secondary N) is 1. The average molecular weight is 442 g/mol. The van der Waals surface area contributed by atoms with Crippen molar-refractivity contribution >= 4 is 23.3 Å². The molecule has 2 aromatic rings. The number of nitriles is 1. The number of aryl methyl sites for hydroxylation is 1. The number of aromatic nitrogens is 1. The summed E-state index contributed by atoms with van der Waals surface area (Å²) in [4.78, 5) is 36.9. The lowest BCUT2D eigenvalue weighted by Gasteiger charge is -2.26. The molecule has 31 heavy (non-hydrogen) atoms. The molecule has 12 heteroatoms. The molecule has 0 aliphatic carbocycles. The van der Waals surface area contributed by atoms with E-state index in [1.54, 1.807) is 6.07 Å². The first-order valence-electron chi connectivity index (χ1n) is 8.53. The Bertz CT molecular complexity index is 1100. The molecule has 0 radical (unpaired) electrons. The minimum Gasteiger partial charge on any atom is -0.343 e. The van der Waals surface area contributed by atoms with Gasteiger partial charge in [-0.3, -0.25) is 14.4 Å². The molecule has 2 rings (SSSR count). The highest BCUT2D eigenvalue weighted by Crippen LogP contribution is 2.25. The second kappa shape index (κ2) is 8.55. The van der Waals surface area contributed by atoms with Gasteiger partial charge in [-0.1, -0.05) is 0 Å². The van der Waals surface area contributed by atoms with Crippen LogP contribution >= 0.6 is 0 Å². The molecule has 0 fully saturated rings. The lowest BCUT2D eigenvalue weighted by Crippen LogP contribution is -2.47. The van der Waals surface area contributed by atoms with Crippen LogP contribution in [0.4, 0.5) is 27.6 Å². The lowest BCUT2D eigenvalue weighted by molar-refractivity contribution is -0.180. The van der Waals surface area contributed by atoms with Crippen molar-refractivity contribution in [1.82, 2.24) is 9.47 Å². The van der Waals surface area contributed by atoms with Crippen molar-refractivity contribution < 1.29 is 36.3 Å². The Kier molecular flexibility index (Phi) is 6.49. The first-order valence-corrected chi connectivity index (χ1v) is 8.53. The monoisotopic (exact) mass is 442 g/mol. The van der Waals surface area contributed by atoms with Crippen molar-refractivity contribution in [3.05, 3.63) is 52.9 Å². The van der Waals surface area contributed by atoms with E-state index in [-0.39, 0.29) is 16.2 Å². The molecule has 1 N–H and O–H groups in total. The summed E-state index contributed by atoms with van der Waals surface area (Å²) >= 11 is 0. The van der Waals surface area contributed by atoms with Gasteiger partial charge < -0.3 is 14.8 Å². The van der Waals surface area contributed by atoms with Gasteiger partial charge in [-0.15, -0.1) is 0 Å². The largest absolute Gasteiger partial charge is 0.408 e. The Morgan fingerprint density at radius 1 is 1.23 bits per heavy atom. The molecule has 164 valence electrons. The molecular formula is C19H15F5N4O3. The van der Waals surface area contributed by atoms with Crippen LogP contribution in [0.15, 0.2) is 24.4 Å². The number of likely N-dealkylation sites (N-methyl/N-ethyl adjacent to an activating group) is 1. The molecule has 0 aliphatic heterocycles. The Balaban J connectivity index is 2.31. The number of hydrogen-bond acceptors (Lipinski definition) is 4. The van der Waals surface area contributed by atoms with Crippen molar-refractivity contribution in [1.29, 1.82) is 5.26 Å². The molecular weight excluding hydrogens is 427 g/mol. The van der Waals surface area contributed by atoms with E-state index >= 15 is 0 Å². The van der Waals surface area contributed by atoms with Gasteiger partial charge >= 0.3 is 6.18 Å². The number of halogens is 5. The number of Topliss-reactive ketones (excluding diaryl/α,β-unsaturated/α-hetero) is 1. The third kappa shape index (κ3) is 4.71. The van der Waals surface area contributed by atoms with Crippen molar-refractivity contribution in [3.63, 3.8) is 0 Å². The van der Waals surface area contributed by atoms with Gasteiger partial charge in [0.1, 0.15) is 23.6 Å². The summed E-state index contributed by atoms with van der Waals surface area (Å²) in [5.41, 5.74) is -2.03. The van der Waals surface area contributed by atoms with Crippen LogP contribution in [0.3, 0.4) is 0 Å². The van der Waals surface area contributed by atoms with Gasteiger partial charge in [-0.25, -0.2) is 8.78 Å². The second-order valence-electron chi connectivity index (χ2n) is 6.54. The number of nitrogens with zero attached hydrogens (tertiary/aromatic N) is 3. The highest BCUT2D eigenvalue weighted by Gasteiger charge is 2.42. The number of carbonyl (C=O) groups excluding carboxylic acids is 3. The van der Waals surface area contributed by atoms with E-state index in [1.807, 2.05) is 0 Å². The van der Waals surface area contributed by atoms with E-state index in [4.69, 9.17) is 5.26 Å². The predicted molar refractivity (Wildman–Crippen MR) is 97.1 cm³/mol. The molecule has 1 heterocycles. The van der Waals surface area contributed by atoms with Gasteiger partial charge in [0.05, 0.1) is 11.1 Å². The third-order valence-electron chi connectivity index (χ3n) is 4.49. The number of benzene rings is 1. The van der Waals surface area contributed by atoms with Gasteiger partial charge in [-0.2, -0.15) is 18.4 Å². The van der Waals surface area contributed by atoms with Crippen molar-refractivity contribution in [3.8, 4) is 6.07 Å². The van der Waals surface area contributed by atoms with Gasteiger partial charge in [0.15, 0.2) is 5.82 Å². The fourth-order valence-electron chi connectivity index (χ4n) is 2.57. The topological polar surface area (TPSA) is 95.2 Å². The van der Waals surface area contributed by atoms with Crippen LogP contribution in [0.5, 0.6) is 0 Å². The summed E-state index contributed by atoms with van der Waals surface area (Å²) in [5, 5.41) is 11.0. The summed E-state index contributed by atoms with van der Waals surface area (Å²) in [5.74, 6) is -6.54. The van der Waals surface area contributed by atoms with Crippen molar-refractivity contribution in [2.24, 2.45) is 7.05 Å². The zero-order valence-corrected chi connectivity index (χ0v) is 16.3. The normalized spacial score (nSPS) is 12.1. The van der Waals surface area contributed by atoms with E-state index < -0.39 is 52.7 Å². The fraction of sp³-hybridized carbons (Fsp3) is 0.263. The van der Waals surface area contributed by atoms with E-state index in [1.165, 1.54) is 7.05 Å². The van der Waals surface area contributed by atoms with E-state index in [0.29, 0.717) is 6.92 Å². The number of hydrogen-bond donors (Lipinski definition) is 1. The number of anilines is 1. The van der Waals surface area contributed by atoms with Crippen LogP contribution in [0.2, 0.25) is 0 Å². The maximum absolute atomic E-state index is 14.8. The van der Waals surface area contributed by atoms with Gasteiger partial charge in [0.25, 0.3) is 17.6 Å². The number of carbonyl (C=O) groups is 3.